The van der Waals surface area contributed by atoms with Crippen molar-refractivity contribution in [2.45, 2.75) is 12.8 Å². The summed E-state index contributed by atoms with van der Waals surface area (Å²) >= 11 is 5.96. The van der Waals surface area contributed by atoms with Gasteiger partial charge in [-0.3, -0.25) is 0 Å². The molecule has 14 heavy (non-hydrogen) atoms. The largest absolute Gasteiger partial charge is 0.316 e. The van der Waals surface area contributed by atoms with E-state index in [1.165, 1.54) is 11.1 Å². The number of halogens is 1. The molecule has 1 aliphatic rings. The molecule has 1 heterocycles. The van der Waals surface area contributed by atoms with Crippen LogP contribution in [-0.2, 0) is 0 Å². The molecule has 0 atom stereocenters. The van der Waals surface area contributed by atoms with Gasteiger partial charge in [-0.2, -0.15) is 0 Å². The van der Waals surface area contributed by atoms with E-state index in [4.69, 9.17) is 11.6 Å². The molecule has 0 fully saturated rings. The summed E-state index contributed by atoms with van der Waals surface area (Å²) in [7, 11) is 0. The molecule has 1 N–H and O–H groups in total. The van der Waals surface area contributed by atoms with Crippen LogP contribution < -0.4 is 5.32 Å². The Morgan fingerprint density at radius 1 is 1.21 bits per heavy atom. The van der Waals surface area contributed by atoms with Gasteiger partial charge < -0.3 is 5.32 Å². The van der Waals surface area contributed by atoms with Gasteiger partial charge in [0.25, 0.3) is 0 Å². The third kappa shape index (κ3) is 2.37. The summed E-state index contributed by atoms with van der Waals surface area (Å²) in [4.78, 5) is 0. The van der Waals surface area contributed by atoms with E-state index in [9.17, 15) is 0 Å². The lowest BCUT2D eigenvalue weighted by Gasteiger charge is -2.05. The molecule has 2 heteroatoms. The zero-order valence-electron chi connectivity index (χ0n) is 8.09. The van der Waals surface area contributed by atoms with Gasteiger partial charge in [0.1, 0.15) is 0 Å². The summed E-state index contributed by atoms with van der Waals surface area (Å²) in [6, 6.07) is 8.10. The monoisotopic (exact) mass is 207 g/mol. The van der Waals surface area contributed by atoms with E-state index in [0.29, 0.717) is 0 Å². The van der Waals surface area contributed by atoms with Crippen LogP contribution in [0.1, 0.15) is 18.4 Å². The number of hydrogen-bond acceptors (Lipinski definition) is 1. The van der Waals surface area contributed by atoms with Crippen LogP contribution in [0.15, 0.2) is 30.3 Å². The van der Waals surface area contributed by atoms with E-state index in [2.05, 4.69) is 17.5 Å². The van der Waals surface area contributed by atoms with Crippen molar-refractivity contribution in [2.24, 2.45) is 0 Å². The maximum absolute atomic E-state index is 5.96. The second-order valence-electron chi connectivity index (χ2n) is 3.53. The molecule has 0 unspecified atom stereocenters. The molecule has 74 valence electrons. The van der Waals surface area contributed by atoms with Gasteiger partial charge in [0.2, 0.25) is 0 Å². The minimum atomic E-state index is 0.820. The fraction of sp³-hybridized carbons (Fsp3) is 0.333. The zero-order valence-corrected chi connectivity index (χ0v) is 8.85. The molecule has 0 saturated heterocycles. The first-order valence-electron chi connectivity index (χ1n) is 5.02. The van der Waals surface area contributed by atoms with Gasteiger partial charge in [0.05, 0.1) is 0 Å². The number of nitrogens with one attached hydrogen (secondary N) is 1. The van der Waals surface area contributed by atoms with Gasteiger partial charge in [-0.1, -0.05) is 29.8 Å². The van der Waals surface area contributed by atoms with Crippen LogP contribution in [0.3, 0.4) is 0 Å². The summed E-state index contributed by atoms with van der Waals surface area (Å²) < 4.78 is 0. The third-order valence-corrected chi connectivity index (χ3v) is 2.71. The molecule has 2 rings (SSSR count). The predicted octanol–water partition coefficient (Wildman–Crippen LogP) is 3.11. The van der Waals surface area contributed by atoms with E-state index in [0.717, 1.165) is 31.0 Å². The van der Waals surface area contributed by atoms with Crippen LogP contribution >= 0.6 is 11.6 Å². The summed E-state index contributed by atoms with van der Waals surface area (Å²) in [5.41, 5.74) is 2.68. The van der Waals surface area contributed by atoms with Crippen molar-refractivity contribution >= 4 is 17.2 Å². The molecule has 0 saturated carbocycles. The number of hydrogen-bond donors (Lipinski definition) is 1. The second kappa shape index (κ2) is 4.63. The van der Waals surface area contributed by atoms with Gasteiger partial charge in [-0.05, 0) is 49.2 Å². The first kappa shape index (κ1) is 9.75. The molecular formula is C12H14ClN. The van der Waals surface area contributed by atoms with E-state index in [-0.39, 0.29) is 0 Å². The quantitative estimate of drug-likeness (QED) is 0.746. The molecule has 1 nitrogen and oxygen atoms in total. The van der Waals surface area contributed by atoms with Crippen LogP contribution in [0.4, 0.5) is 0 Å². The lowest BCUT2D eigenvalue weighted by Crippen LogP contribution is -2.13. The lowest BCUT2D eigenvalue weighted by molar-refractivity contribution is 0.718. The predicted molar refractivity (Wildman–Crippen MR) is 61.5 cm³/mol. The average molecular weight is 208 g/mol. The summed E-state index contributed by atoms with van der Waals surface area (Å²) in [6.45, 7) is 2.16. The van der Waals surface area contributed by atoms with Crippen molar-refractivity contribution in [3.63, 3.8) is 0 Å². The van der Waals surface area contributed by atoms with E-state index in [1.807, 2.05) is 18.2 Å². The Balaban J connectivity index is 2.24. The lowest BCUT2D eigenvalue weighted by atomic mass is 10.0. The fourth-order valence-electron chi connectivity index (χ4n) is 1.75. The van der Waals surface area contributed by atoms with Crippen molar-refractivity contribution < 1.29 is 0 Å². The Hall–Kier alpha value is -0.790. The second-order valence-corrected chi connectivity index (χ2v) is 3.96. The van der Waals surface area contributed by atoms with Gasteiger partial charge in [-0.25, -0.2) is 0 Å². The highest BCUT2D eigenvalue weighted by atomic mass is 35.5. The van der Waals surface area contributed by atoms with Crippen LogP contribution in [0, 0.1) is 0 Å². The Labute approximate surface area is 89.8 Å². The first-order chi connectivity index (χ1) is 6.86. The summed E-state index contributed by atoms with van der Waals surface area (Å²) in [5, 5.41) is 4.20. The zero-order chi connectivity index (χ0) is 9.80. The Kier molecular flexibility index (Phi) is 3.22. The molecule has 1 aliphatic heterocycles. The number of rotatable bonds is 1. The van der Waals surface area contributed by atoms with Crippen LogP contribution in [-0.4, -0.2) is 13.1 Å². The van der Waals surface area contributed by atoms with Gasteiger partial charge in [0, 0.05) is 5.02 Å². The van der Waals surface area contributed by atoms with Gasteiger partial charge >= 0.3 is 0 Å². The standard InChI is InChI=1S/C12H14ClN/c13-12-5-1-3-11(9-12)10-4-2-7-14-8-6-10/h1,3-5,9,14H,2,6-8H2. The highest BCUT2D eigenvalue weighted by Gasteiger charge is 2.04. The SMILES string of the molecule is Clc1cccc(C2=CCCNCC2)c1. The molecule has 0 radical (unpaired) electrons. The molecule has 0 spiro atoms. The van der Waals surface area contributed by atoms with Crippen molar-refractivity contribution in [1.29, 1.82) is 0 Å². The Bertz CT molecular complexity index is 344. The Morgan fingerprint density at radius 2 is 2.14 bits per heavy atom. The van der Waals surface area contributed by atoms with E-state index < -0.39 is 0 Å². The summed E-state index contributed by atoms with van der Waals surface area (Å²) in [5.74, 6) is 0. The van der Waals surface area contributed by atoms with Crippen molar-refractivity contribution in [3.05, 3.63) is 40.9 Å². The third-order valence-electron chi connectivity index (χ3n) is 2.48. The van der Waals surface area contributed by atoms with Crippen LogP contribution in [0.25, 0.3) is 5.57 Å². The Morgan fingerprint density at radius 3 is 3.00 bits per heavy atom. The molecule has 0 amide bonds. The van der Waals surface area contributed by atoms with E-state index >= 15 is 0 Å². The summed E-state index contributed by atoms with van der Waals surface area (Å²) in [6.07, 6.45) is 4.52. The van der Waals surface area contributed by atoms with Crippen molar-refractivity contribution in [3.8, 4) is 0 Å². The van der Waals surface area contributed by atoms with Gasteiger partial charge in [0.15, 0.2) is 0 Å². The highest BCUT2D eigenvalue weighted by Crippen LogP contribution is 2.22. The normalized spacial score (nSPS) is 17.4. The smallest absolute Gasteiger partial charge is 0.0412 e. The van der Waals surface area contributed by atoms with E-state index in [1.54, 1.807) is 0 Å². The molecular weight excluding hydrogens is 194 g/mol. The minimum Gasteiger partial charge on any atom is -0.316 e. The highest BCUT2D eigenvalue weighted by molar-refractivity contribution is 6.30. The maximum Gasteiger partial charge on any atom is 0.0412 e. The van der Waals surface area contributed by atoms with Crippen LogP contribution in [0.5, 0.6) is 0 Å². The average Bonchev–Trinajstić information content (AvgIpc) is 2.45. The van der Waals surface area contributed by atoms with Crippen LogP contribution in [0.2, 0.25) is 5.02 Å². The first-order valence-corrected chi connectivity index (χ1v) is 5.40. The molecule has 0 aromatic heterocycles. The van der Waals surface area contributed by atoms with Crippen molar-refractivity contribution in [1.82, 2.24) is 5.32 Å². The molecule has 1 aromatic rings. The maximum atomic E-state index is 5.96. The topological polar surface area (TPSA) is 12.0 Å². The molecule has 0 bridgehead atoms. The van der Waals surface area contributed by atoms with Crippen molar-refractivity contribution in [2.75, 3.05) is 13.1 Å². The number of benzene rings is 1. The molecule has 1 aromatic carbocycles. The molecule has 0 aliphatic carbocycles. The fourth-order valence-corrected chi connectivity index (χ4v) is 1.94. The van der Waals surface area contributed by atoms with Gasteiger partial charge in [-0.15, -0.1) is 0 Å². The minimum absolute atomic E-state index is 0.820.